The number of nitrogens with two attached hydrogens (primary N) is 1. The van der Waals surface area contributed by atoms with Gasteiger partial charge >= 0.3 is 6.09 Å². The van der Waals surface area contributed by atoms with Crippen LogP contribution in [-0.2, 0) is 4.74 Å². The van der Waals surface area contributed by atoms with Gasteiger partial charge in [-0.25, -0.2) is 4.79 Å². The minimum Gasteiger partial charge on any atom is -0.444 e. The van der Waals surface area contributed by atoms with Crippen molar-refractivity contribution in [1.82, 2.24) is 4.90 Å². The molecule has 2 atom stereocenters. The molecule has 2 bridgehead atoms. The van der Waals surface area contributed by atoms with Crippen LogP contribution < -0.4 is 5.73 Å². The Labute approximate surface area is 116 Å². The molecule has 19 heavy (non-hydrogen) atoms. The number of carbonyl (C=O) groups excluding carboxylic acids is 1. The minimum absolute atomic E-state index is 0.141. The van der Waals surface area contributed by atoms with Gasteiger partial charge in [-0.05, 0) is 59.4 Å². The molecule has 0 spiro atoms. The molecule has 4 nitrogen and oxygen atoms in total. The van der Waals surface area contributed by atoms with E-state index >= 15 is 0 Å². The van der Waals surface area contributed by atoms with E-state index in [1.807, 2.05) is 25.7 Å². The maximum Gasteiger partial charge on any atom is 0.410 e. The van der Waals surface area contributed by atoms with Crippen LogP contribution in [-0.4, -0.2) is 35.2 Å². The molecule has 2 N–H and O–H groups in total. The monoisotopic (exact) mass is 266 g/mol. The summed E-state index contributed by atoms with van der Waals surface area (Å²) >= 11 is 0. The number of piperidine rings is 1. The van der Waals surface area contributed by atoms with Gasteiger partial charge in [-0.1, -0.05) is 11.6 Å². The predicted molar refractivity (Wildman–Crippen MR) is 75.9 cm³/mol. The van der Waals surface area contributed by atoms with Crippen LogP contribution in [0, 0.1) is 0 Å². The van der Waals surface area contributed by atoms with Gasteiger partial charge in [0.2, 0.25) is 0 Å². The number of nitrogens with zero attached hydrogens (tertiary/aromatic N) is 1. The lowest BCUT2D eigenvalue weighted by Crippen LogP contribution is -2.47. The van der Waals surface area contributed by atoms with Crippen LogP contribution in [0.25, 0.3) is 0 Å². The van der Waals surface area contributed by atoms with Gasteiger partial charge in [0.25, 0.3) is 0 Å². The molecule has 108 valence electrons. The molecule has 0 aromatic carbocycles. The second-order valence-corrected chi connectivity index (χ2v) is 6.62. The summed E-state index contributed by atoms with van der Waals surface area (Å²) in [5.74, 6) is 0. The van der Waals surface area contributed by atoms with Gasteiger partial charge in [0.05, 0.1) is 0 Å². The number of carbonyl (C=O) groups is 1. The Bertz CT molecular complexity index is 355. The quantitative estimate of drug-likeness (QED) is 0.782. The van der Waals surface area contributed by atoms with Crippen molar-refractivity contribution in [3.05, 3.63) is 11.6 Å². The number of rotatable bonds is 2. The third-order valence-electron chi connectivity index (χ3n) is 3.82. The smallest absolute Gasteiger partial charge is 0.410 e. The Morgan fingerprint density at radius 3 is 2.42 bits per heavy atom. The number of hydrogen-bond acceptors (Lipinski definition) is 3. The molecule has 1 amide bonds. The fraction of sp³-hybridized carbons (Fsp3) is 0.800. The minimum atomic E-state index is -0.411. The van der Waals surface area contributed by atoms with Crippen LogP contribution in [0.3, 0.4) is 0 Å². The lowest BCUT2D eigenvalue weighted by atomic mass is 9.96. The molecule has 0 radical (unpaired) electrons. The zero-order chi connectivity index (χ0) is 14.0. The molecule has 0 saturated carbocycles. The van der Waals surface area contributed by atoms with Gasteiger partial charge in [-0.2, -0.15) is 0 Å². The van der Waals surface area contributed by atoms with Crippen molar-refractivity contribution in [3.8, 4) is 0 Å². The van der Waals surface area contributed by atoms with Crippen LogP contribution >= 0.6 is 0 Å². The summed E-state index contributed by atoms with van der Waals surface area (Å²) < 4.78 is 5.52. The van der Waals surface area contributed by atoms with Crippen molar-refractivity contribution in [2.45, 2.75) is 70.6 Å². The summed E-state index contributed by atoms with van der Waals surface area (Å²) in [7, 11) is 0. The summed E-state index contributed by atoms with van der Waals surface area (Å²) in [6.07, 6.45) is 7.26. The summed E-state index contributed by atoms with van der Waals surface area (Å²) in [6, 6.07) is 0.662. The molecule has 0 aromatic heterocycles. The SMILES string of the molecule is CC(C)(C)OC(=O)N1C2CCC1CC(=CCCN)C2. The molecule has 0 aliphatic carbocycles. The van der Waals surface area contributed by atoms with E-state index in [1.54, 1.807) is 0 Å². The van der Waals surface area contributed by atoms with Crippen LogP contribution in [0.2, 0.25) is 0 Å². The standard InChI is InChI=1S/C15H26N2O2/c1-15(2,3)19-14(18)17-12-6-7-13(17)10-11(9-12)5-4-8-16/h5,12-13H,4,6-10,16H2,1-3H3. The lowest BCUT2D eigenvalue weighted by Gasteiger charge is -2.37. The molecule has 2 fully saturated rings. The number of amides is 1. The third-order valence-corrected chi connectivity index (χ3v) is 3.82. The Kier molecular flexibility index (Phi) is 4.19. The average molecular weight is 266 g/mol. The molecule has 2 aliphatic rings. The summed E-state index contributed by atoms with van der Waals surface area (Å²) in [4.78, 5) is 14.2. The number of fused-ring (bicyclic) bond motifs is 2. The topological polar surface area (TPSA) is 55.6 Å². The zero-order valence-electron chi connectivity index (χ0n) is 12.3. The van der Waals surface area contributed by atoms with Crippen molar-refractivity contribution < 1.29 is 9.53 Å². The highest BCUT2D eigenvalue weighted by Gasteiger charge is 2.42. The van der Waals surface area contributed by atoms with Crippen LogP contribution in [0.4, 0.5) is 4.79 Å². The van der Waals surface area contributed by atoms with E-state index in [0.717, 1.165) is 32.1 Å². The molecular formula is C15H26N2O2. The molecule has 2 rings (SSSR count). The van der Waals surface area contributed by atoms with E-state index in [1.165, 1.54) is 5.57 Å². The average Bonchev–Trinajstić information content (AvgIpc) is 2.56. The lowest BCUT2D eigenvalue weighted by molar-refractivity contribution is 0.0115. The highest BCUT2D eigenvalue weighted by Crippen LogP contribution is 2.39. The molecule has 2 saturated heterocycles. The maximum absolute atomic E-state index is 12.3. The van der Waals surface area contributed by atoms with E-state index in [-0.39, 0.29) is 6.09 Å². The highest BCUT2D eigenvalue weighted by atomic mass is 16.6. The Morgan fingerprint density at radius 2 is 1.95 bits per heavy atom. The predicted octanol–water partition coefficient (Wildman–Crippen LogP) is 2.82. The van der Waals surface area contributed by atoms with Gasteiger partial charge < -0.3 is 15.4 Å². The van der Waals surface area contributed by atoms with Crippen molar-refractivity contribution >= 4 is 6.09 Å². The highest BCUT2D eigenvalue weighted by molar-refractivity contribution is 5.70. The van der Waals surface area contributed by atoms with E-state index in [4.69, 9.17) is 10.5 Å². The van der Waals surface area contributed by atoms with Crippen molar-refractivity contribution in [2.24, 2.45) is 5.73 Å². The van der Waals surface area contributed by atoms with E-state index in [0.29, 0.717) is 18.6 Å². The molecule has 2 aliphatic heterocycles. The number of ether oxygens (including phenoxy) is 1. The normalized spacial score (nSPS) is 26.5. The van der Waals surface area contributed by atoms with Gasteiger partial charge in [-0.3, -0.25) is 0 Å². The second kappa shape index (κ2) is 5.53. The fourth-order valence-electron chi connectivity index (χ4n) is 3.12. The molecule has 2 unspecified atom stereocenters. The van der Waals surface area contributed by atoms with Crippen LogP contribution in [0.5, 0.6) is 0 Å². The molecule has 0 aromatic rings. The third kappa shape index (κ3) is 3.50. The zero-order valence-corrected chi connectivity index (χ0v) is 12.3. The van der Waals surface area contributed by atoms with Gasteiger partial charge in [0, 0.05) is 12.1 Å². The molecule has 4 heteroatoms. The first-order valence-electron chi connectivity index (χ1n) is 7.30. The van der Waals surface area contributed by atoms with Crippen molar-refractivity contribution in [3.63, 3.8) is 0 Å². The molecule has 2 heterocycles. The van der Waals surface area contributed by atoms with E-state index in [9.17, 15) is 4.79 Å². The van der Waals surface area contributed by atoms with Gasteiger partial charge in [-0.15, -0.1) is 0 Å². The first-order valence-corrected chi connectivity index (χ1v) is 7.30. The number of hydrogen-bond donors (Lipinski definition) is 1. The van der Waals surface area contributed by atoms with Crippen molar-refractivity contribution in [1.29, 1.82) is 0 Å². The maximum atomic E-state index is 12.3. The Balaban J connectivity index is 2.01. The Morgan fingerprint density at radius 1 is 1.37 bits per heavy atom. The first kappa shape index (κ1) is 14.4. The summed E-state index contributed by atoms with van der Waals surface area (Å²) in [5, 5.41) is 0. The van der Waals surface area contributed by atoms with E-state index < -0.39 is 5.60 Å². The van der Waals surface area contributed by atoms with Crippen LogP contribution in [0.1, 0.15) is 52.9 Å². The fourth-order valence-corrected chi connectivity index (χ4v) is 3.12. The largest absolute Gasteiger partial charge is 0.444 e. The van der Waals surface area contributed by atoms with E-state index in [2.05, 4.69) is 6.08 Å². The Hall–Kier alpha value is -1.03. The van der Waals surface area contributed by atoms with Gasteiger partial charge in [0.15, 0.2) is 0 Å². The van der Waals surface area contributed by atoms with Gasteiger partial charge in [0.1, 0.15) is 5.60 Å². The second-order valence-electron chi connectivity index (χ2n) is 6.62. The van der Waals surface area contributed by atoms with Crippen molar-refractivity contribution in [2.75, 3.05) is 6.54 Å². The molecular weight excluding hydrogens is 240 g/mol. The summed E-state index contributed by atoms with van der Waals surface area (Å²) in [6.45, 7) is 6.46. The van der Waals surface area contributed by atoms with Crippen LogP contribution in [0.15, 0.2) is 11.6 Å². The first-order chi connectivity index (χ1) is 8.90. The summed E-state index contributed by atoms with van der Waals surface area (Å²) in [5.41, 5.74) is 6.61.